The molecule has 3 nitrogen and oxygen atoms in total. The first kappa shape index (κ1) is 13.6. The predicted molar refractivity (Wildman–Crippen MR) is 78.7 cm³/mol. The fourth-order valence-electron chi connectivity index (χ4n) is 3.83. The molecule has 1 aliphatic heterocycles. The van der Waals surface area contributed by atoms with Crippen molar-refractivity contribution < 1.29 is 9.90 Å². The molecule has 1 aliphatic carbocycles. The van der Waals surface area contributed by atoms with Crippen LogP contribution in [0.3, 0.4) is 0 Å². The molecule has 20 heavy (non-hydrogen) atoms. The van der Waals surface area contributed by atoms with E-state index in [0.29, 0.717) is 6.04 Å². The molecule has 1 fully saturated rings. The van der Waals surface area contributed by atoms with Crippen LogP contribution in [-0.4, -0.2) is 28.6 Å². The summed E-state index contributed by atoms with van der Waals surface area (Å²) < 4.78 is 0. The van der Waals surface area contributed by atoms with E-state index in [0.717, 1.165) is 38.6 Å². The molecule has 1 N–H and O–H groups in total. The van der Waals surface area contributed by atoms with Crippen molar-refractivity contribution in [2.45, 2.75) is 57.0 Å². The summed E-state index contributed by atoms with van der Waals surface area (Å²) in [4.78, 5) is 13.8. The van der Waals surface area contributed by atoms with Crippen LogP contribution in [0.5, 0.6) is 0 Å². The van der Waals surface area contributed by atoms with Crippen LogP contribution in [0.4, 0.5) is 0 Å². The quantitative estimate of drug-likeness (QED) is 0.840. The van der Waals surface area contributed by atoms with Gasteiger partial charge < -0.3 is 5.11 Å². The van der Waals surface area contributed by atoms with Gasteiger partial charge in [-0.15, -0.1) is 0 Å². The molecule has 0 aromatic heterocycles. The molecule has 108 valence electrons. The maximum atomic E-state index is 11.6. The lowest BCUT2D eigenvalue weighted by atomic mass is 9.92. The lowest BCUT2D eigenvalue weighted by Gasteiger charge is -2.39. The van der Waals surface area contributed by atoms with Gasteiger partial charge in [-0.05, 0) is 49.8 Å². The van der Waals surface area contributed by atoms with Gasteiger partial charge in [0.05, 0.1) is 0 Å². The van der Waals surface area contributed by atoms with E-state index in [1.165, 1.54) is 24.0 Å². The zero-order valence-electron chi connectivity index (χ0n) is 11.9. The van der Waals surface area contributed by atoms with Crippen molar-refractivity contribution in [2.24, 2.45) is 0 Å². The van der Waals surface area contributed by atoms with Crippen LogP contribution in [0.2, 0.25) is 0 Å². The molecule has 0 saturated carbocycles. The molecule has 2 atom stereocenters. The Labute approximate surface area is 120 Å². The second kappa shape index (κ2) is 5.96. The lowest BCUT2D eigenvalue weighted by Crippen LogP contribution is -2.46. The Morgan fingerprint density at radius 3 is 2.75 bits per heavy atom. The van der Waals surface area contributed by atoms with Crippen molar-refractivity contribution in [3.63, 3.8) is 0 Å². The average molecular weight is 273 g/mol. The fraction of sp³-hybridized carbons (Fsp3) is 0.588. The van der Waals surface area contributed by atoms with Crippen molar-refractivity contribution >= 4 is 5.97 Å². The van der Waals surface area contributed by atoms with Gasteiger partial charge in [-0.1, -0.05) is 37.1 Å². The Balaban J connectivity index is 1.93. The van der Waals surface area contributed by atoms with Crippen LogP contribution in [-0.2, 0) is 11.2 Å². The van der Waals surface area contributed by atoms with Crippen LogP contribution >= 0.6 is 0 Å². The molecule has 0 amide bonds. The zero-order valence-corrected chi connectivity index (χ0v) is 11.9. The number of carboxylic acid groups (broad SMARTS) is 1. The summed E-state index contributed by atoms with van der Waals surface area (Å²) in [5, 5.41) is 9.52. The molecule has 1 aromatic rings. The molecule has 1 aromatic carbocycles. The number of aryl methyl sites for hydroxylation is 1. The second-order valence-corrected chi connectivity index (χ2v) is 6.05. The Bertz CT molecular complexity index is 486. The number of rotatable bonds is 2. The molecule has 0 spiro atoms. The van der Waals surface area contributed by atoms with Gasteiger partial charge in [0.2, 0.25) is 0 Å². The average Bonchev–Trinajstić information content (AvgIpc) is 2.69. The summed E-state index contributed by atoms with van der Waals surface area (Å²) in [6.45, 7) is 0.927. The van der Waals surface area contributed by atoms with E-state index in [1.54, 1.807) is 0 Å². The van der Waals surface area contributed by atoms with E-state index in [-0.39, 0.29) is 6.04 Å². The minimum absolute atomic E-state index is 0.292. The summed E-state index contributed by atoms with van der Waals surface area (Å²) in [7, 11) is 0. The number of hydrogen-bond donors (Lipinski definition) is 1. The summed E-state index contributed by atoms with van der Waals surface area (Å²) in [6, 6.07) is 8.63. The van der Waals surface area contributed by atoms with Crippen molar-refractivity contribution in [1.29, 1.82) is 0 Å². The maximum absolute atomic E-state index is 11.6. The number of carboxylic acids is 1. The third-order valence-electron chi connectivity index (χ3n) is 4.82. The van der Waals surface area contributed by atoms with Crippen molar-refractivity contribution in [3.05, 3.63) is 35.4 Å². The van der Waals surface area contributed by atoms with Crippen molar-refractivity contribution in [2.75, 3.05) is 6.54 Å². The molecule has 3 rings (SSSR count). The van der Waals surface area contributed by atoms with E-state index in [1.807, 2.05) is 0 Å². The number of piperidine rings is 1. The Morgan fingerprint density at radius 2 is 1.90 bits per heavy atom. The van der Waals surface area contributed by atoms with Gasteiger partial charge in [-0.2, -0.15) is 0 Å². The van der Waals surface area contributed by atoms with Crippen LogP contribution in [0.25, 0.3) is 0 Å². The predicted octanol–water partition coefficient (Wildman–Crippen LogP) is 3.39. The summed E-state index contributed by atoms with van der Waals surface area (Å²) in [5.74, 6) is -0.647. The molecular weight excluding hydrogens is 250 g/mol. The number of aliphatic carboxylic acids is 1. The highest BCUT2D eigenvalue weighted by Crippen LogP contribution is 2.36. The smallest absolute Gasteiger partial charge is 0.320 e. The van der Waals surface area contributed by atoms with Crippen molar-refractivity contribution in [3.8, 4) is 0 Å². The molecule has 2 unspecified atom stereocenters. The van der Waals surface area contributed by atoms with E-state index in [9.17, 15) is 9.90 Å². The number of carbonyl (C=O) groups is 1. The number of benzene rings is 1. The lowest BCUT2D eigenvalue weighted by molar-refractivity contribution is -0.146. The number of likely N-dealkylation sites (tertiary alicyclic amines) is 1. The van der Waals surface area contributed by atoms with Crippen molar-refractivity contribution in [1.82, 2.24) is 4.90 Å². The molecule has 0 radical (unpaired) electrons. The standard InChI is InChI=1S/C17H23NO2/c19-17(20)16-11-5-6-12-18(16)15-10-4-2-8-13-7-1-3-9-14(13)15/h1,3,7,9,15-16H,2,4-6,8,10-12H2,(H,19,20). The van der Waals surface area contributed by atoms with Crippen LogP contribution < -0.4 is 0 Å². The minimum atomic E-state index is -0.647. The van der Waals surface area contributed by atoms with Gasteiger partial charge >= 0.3 is 5.97 Å². The Morgan fingerprint density at radius 1 is 1.10 bits per heavy atom. The van der Waals surface area contributed by atoms with Gasteiger partial charge in [-0.25, -0.2) is 0 Å². The van der Waals surface area contributed by atoms with E-state index >= 15 is 0 Å². The van der Waals surface area contributed by atoms with E-state index in [4.69, 9.17) is 0 Å². The summed E-state index contributed by atoms with van der Waals surface area (Å²) in [6.07, 6.45) is 7.62. The third-order valence-corrected chi connectivity index (χ3v) is 4.82. The first-order valence-electron chi connectivity index (χ1n) is 7.84. The molecule has 1 heterocycles. The molecule has 0 bridgehead atoms. The monoisotopic (exact) mass is 273 g/mol. The van der Waals surface area contributed by atoms with E-state index < -0.39 is 5.97 Å². The third kappa shape index (κ3) is 2.59. The van der Waals surface area contributed by atoms with Gasteiger partial charge in [0, 0.05) is 6.04 Å². The van der Waals surface area contributed by atoms with Gasteiger partial charge in [0.1, 0.15) is 6.04 Å². The number of hydrogen-bond acceptors (Lipinski definition) is 2. The van der Waals surface area contributed by atoms with Crippen LogP contribution in [0.1, 0.15) is 55.7 Å². The summed E-state index contributed by atoms with van der Waals surface area (Å²) in [5.41, 5.74) is 2.79. The number of fused-ring (bicyclic) bond motifs is 1. The molecule has 2 aliphatic rings. The van der Waals surface area contributed by atoms with Gasteiger partial charge in [0.25, 0.3) is 0 Å². The highest BCUT2D eigenvalue weighted by molar-refractivity contribution is 5.73. The molecule has 1 saturated heterocycles. The zero-order chi connectivity index (χ0) is 13.9. The van der Waals surface area contributed by atoms with Crippen LogP contribution in [0, 0.1) is 0 Å². The Kier molecular flexibility index (Phi) is 4.06. The normalized spacial score (nSPS) is 27.6. The summed E-state index contributed by atoms with van der Waals surface area (Å²) >= 11 is 0. The van der Waals surface area contributed by atoms with Gasteiger partial charge in [-0.3, -0.25) is 9.69 Å². The Hall–Kier alpha value is -1.35. The van der Waals surface area contributed by atoms with Gasteiger partial charge in [0.15, 0.2) is 0 Å². The minimum Gasteiger partial charge on any atom is -0.480 e. The molecule has 3 heteroatoms. The van der Waals surface area contributed by atoms with E-state index in [2.05, 4.69) is 29.2 Å². The first-order chi connectivity index (χ1) is 9.77. The maximum Gasteiger partial charge on any atom is 0.320 e. The molecular formula is C17H23NO2. The largest absolute Gasteiger partial charge is 0.480 e. The van der Waals surface area contributed by atoms with Crippen LogP contribution in [0.15, 0.2) is 24.3 Å². The fourth-order valence-corrected chi connectivity index (χ4v) is 3.83. The topological polar surface area (TPSA) is 40.5 Å². The highest BCUT2D eigenvalue weighted by Gasteiger charge is 2.35. The SMILES string of the molecule is O=C(O)C1CCCCN1C1CCCCc2ccccc21. The first-order valence-corrected chi connectivity index (χ1v) is 7.84. The highest BCUT2D eigenvalue weighted by atomic mass is 16.4. The second-order valence-electron chi connectivity index (χ2n) is 6.05. The number of nitrogens with zero attached hydrogens (tertiary/aromatic N) is 1.